The average Bonchev–Trinajstić information content (AvgIpc) is 2.50. The van der Waals surface area contributed by atoms with Crippen molar-refractivity contribution in [3.8, 4) is 11.8 Å². The topological polar surface area (TPSA) is 74.2 Å². The molecule has 21 heavy (non-hydrogen) atoms. The molecule has 2 aromatic carbocycles. The molecule has 0 heterocycles. The van der Waals surface area contributed by atoms with Crippen LogP contribution in [0.15, 0.2) is 48.5 Å². The number of halogens is 1. The van der Waals surface area contributed by atoms with Crippen molar-refractivity contribution in [1.29, 1.82) is 5.26 Å². The fourth-order valence-corrected chi connectivity index (χ4v) is 1.65. The minimum absolute atomic E-state index is 0.0315. The minimum Gasteiger partial charge on any atom is -0.473 e. The molecule has 0 atom stereocenters. The van der Waals surface area contributed by atoms with E-state index in [1.807, 2.05) is 6.07 Å². The van der Waals surface area contributed by atoms with E-state index in [1.54, 1.807) is 48.5 Å². The lowest BCUT2D eigenvalue weighted by Gasteiger charge is -2.09. The Labute approximate surface area is 127 Å². The second kappa shape index (κ2) is 7.17. The van der Waals surface area contributed by atoms with Crippen molar-refractivity contribution >= 4 is 23.3 Å². The van der Waals surface area contributed by atoms with Crippen LogP contribution in [0.5, 0.6) is 5.75 Å². The highest BCUT2D eigenvalue weighted by Gasteiger charge is 2.01. The normalized spacial score (nSPS) is 9.52. The Bertz CT molecular complexity index is 648. The van der Waals surface area contributed by atoms with E-state index in [0.29, 0.717) is 22.0 Å². The molecule has 0 saturated carbocycles. The quantitative estimate of drug-likeness (QED) is 0.850. The molecule has 0 aliphatic heterocycles. The number of nitrogens with one attached hydrogen (secondary N) is 2. The smallest absolute Gasteiger partial charge is 0.321 e. The van der Waals surface area contributed by atoms with E-state index < -0.39 is 6.03 Å². The van der Waals surface area contributed by atoms with Crippen molar-refractivity contribution in [2.75, 3.05) is 12.0 Å². The first-order chi connectivity index (χ1) is 10.2. The number of rotatable bonds is 4. The molecule has 5 nitrogen and oxygen atoms in total. The van der Waals surface area contributed by atoms with Gasteiger partial charge in [-0.05, 0) is 48.5 Å². The van der Waals surface area contributed by atoms with Gasteiger partial charge >= 0.3 is 6.03 Å². The Balaban J connectivity index is 1.76. The zero-order valence-electron chi connectivity index (χ0n) is 11.0. The summed E-state index contributed by atoms with van der Waals surface area (Å²) in [5.41, 5.74) is 1.13. The van der Waals surface area contributed by atoms with Gasteiger partial charge in [-0.15, -0.1) is 0 Å². The Morgan fingerprint density at radius 3 is 2.43 bits per heavy atom. The third-order valence-electron chi connectivity index (χ3n) is 2.56. The van der Waals surface area contributed by atoms with Crippen LogP contribution >= 0.6 is 11.6 Å². The maximum Gasteiger partial charge on any atom is 0.321 e. The lowest BCUT2D eigenvalue weighted by Crippen LogP contribution is -2.31. The fraction of sp³-hybridized carbons (Fsp3) is 0.0667. The van der Waals surface area contributed by atoms with Gasteiger partial charge in [0.1, 0.15) is 5.75 Å². The van der Waals surface area contributed by atoms with Crippen LogP contribution in [0.2, 0.25) is 5.02 Å². The van der Waals surface area contributed by atoms with Crippen LogP contribution in [0.25, 0.3) is 0 Å². The standard InChI is InChI=1S/C15H12ClN3O2/c16-12-3-7-14(8-4-12)21-10-18-15(20)19-13-5-1-11(9-17)2-6-13/h1-8H,10H2,(H2,18,19,20). The van der Waals surface area contributed by atoms with E-state index in [0.717, 1.165) is 0 Å². The van der Waals surface area contributed by atoms with E-state index in [1.165, 1.54) is 0 Å². The molecule has 0 spiro atoms. The molecule has 6 heteroatoms. The molecule has 2 N–H and O–H groups in total. The largest absolute Gasteiger partial charge is 0.473 e. The molecule has 2 rings (SSSR count). The summed E-state index contributed by atoms with van der Waals surface area (Å²) in [7, 11) is 0. The number of amides is 2. The van der Waals surface area contributed by atoms with Gasteiger partial charge in [0.2, 0.25) is 0 Å². The molecule has 0 saturated heterocycles. The van der Waals surface area contributed by atoms with E-state index >= 15 is 0 Å². The molecule has 0 aliphatic rings. The van der Waals surface area contributed by atoms with Crippen molar-refractivity contribution in [2.45, 2.75) is 0 Å². The van der Waals surface area contributed by atoms with Gasteiger partial charge in [-0.1, -0.05) is 11.6 Å². The fourth-order valence-electron chi connectivity index (χ4n) is 1.52. The highest BCUT2D eigenvalue weighted by atomic mass is 35.5. The molecule has 0 aliphatic carbocycles. The number of nitrogens with zero attached hydrogens (tertiary/aromatic N) is 1. The molecule has 2 aromatic rings. The van der Waals surface area contributed by atoms with E-state index in [2.05, 4.69) is 10.6 Å². The zero-order valence-corrected chi connectivity index (χ0v) is 11.7. The molecular weight excluding hydrogens is 290 g/mol. The SMILES string of the molecule is N#Cc1ccc(NC(=O)NCOc2ccc(Cl)cc2)cc1. The Hall–Kier alpha value is -2.71. The van der Waals surface area contributed by atoms with E-state index in [4.69, 9.17) is 21.6 Å². The van der Waals surface area contributed by atoms with Gasteiger partial charge in [0.05, 0.1) is 11.6 Å². The van der Waals surface area contributed by atoms with Crippen LogP contribution in [-0.2, 0) is 0 Å². The molecular formula is C15H12ClN3O2. The van der Waals surface area contributed by atoms with Crippen LogP contribution in [0.3, 0.4) is 0 Å². The van der Waals surface area contributed by atoms with Crippen molar-refractivity contribution in [1.82, 2.24) is 5.32 Å². The van der Waals surface area contributed by atoms with Crippen molar-refractivity contribution in [3.05, 3.63) is 59.1 Å². The van der Waals surface area contributed by atoms with Crippen molar-refractivity contribution < 1.29 is 9.53 Å². The van der Waals surface area contributed by atoms with Crippen LogP contribution in [0.4, 0.5) is 10.5 Å². The predicted octanol–water partition coefficient (Wildman–Crippen LogP) is 3.37. The Kier molecular flexibility index (Phi) is 5.02. The molecule has 106 valence electrons. The molecule has 0 bridgehead atoms. The lowest BCUT2D eigenvalue weighted by molar-refractivity contribution is 0.234. The van der Waals surface area contributed by atoms with Gasteiger partial charge < -0.3 is 15.4 Å². The van der Waals surface area contributed by atoms with Crippen LogP contribution in [0, 0.1) is 11.3 Å². The maximum atomic E-state index is 11.6. The number of hydrogen-bond donors (Lipinski definition) is 2. The first kappa shape index (κ1) is 14.7. The summed E-state index contributed by atoms with van der Waals surface area (Å²) in [6.45, 7) is 0.0315. The number of carbonyl (C=O) groups excluding carboxylic acids is 1. The number of benzene rings is 2. The van der Waals surface area contributed by atoms with Gasteiger partial charge in [-0.2, -0.15) is 5.26 Å². The van der Waals surface area contributed by atoms with E-state index in [9.17, 15) is 4.79 Å². The lowest BCUT2D eigenvalue weighted by atomic mass is 10.2. The van der Waals surface area contributed by atoms with Gasteiger partial charge in [0.25, 0.3) is 0 Å². The van der Waals surface area contributed by atoms with Gasteiger partial charge in [0.15, 0.2) is 6.73 Å². The second-order valence-electron chi connectivity index (χ2n) is 4.06. The first-order valence-electron chi connectivity index (χ1n) is 6.11. The molecule has 0 aromatic heterocycles. The molecule has 0 radical (unpaired) electrons. The number of carbonyl (C=O) groups is 1. The maximum absolute atomic E-state index is 11.6. The monoisotopic (exact) mass is 301 g/mol. The summed E-state index contributed by atoms with van der Waals surface area (Å²) in [4.78, 5) is 11.6. The summed E-state index contributed by atoms with van der Waals surface area (Å²) < 4.78 is 5.33. The second-order valence-corrected chi connectivity index (χ2v) is 4.50. The Morgan fingerprint density at radius 1 is 1.14 bits per heavy atom. The number of anilines is 1. The third kappa shape index (κ3) is 4.71. The van der Waals surface area contributed by atoms with Crippen molar-refractivity contribution in [2.24, 2.45) is 0 Å². The zero-order chi connectivity index (χ0) is 15.1. The first-order valence-corrected chi connectivity index (χ1v) is 6.48. The number of hydrogen-bond acceptors (Lipinski definition) is 3. The van der Waals surface area contributed by atoms with Crippen LogP contribution in [0.1, 0.15) is 5.56 Å². The van der Waals surface area contributed by atoms with Crippen molar-refractivity contribution in [3.63, 3.8) is 0 Å². The predicted molar refractivity (Wildman–Crippen MR) is 80.3 cm³/mol. The third-order valence-corrected chi connectivity index (χ3v) is 2.81. The summed E-state index contributed by atoms with van der Waals surface area (Å²) in [6.07, 6.45) is 0. The van der Waals surface area contributed by atoms with Crippen LogP contribution in [-0.4, -0.2) is 12.8 Å². The molecule has 2 amide bonds. The van der Waals surface area contributed by atoms with Gasteiger partial charge in [-0.3, -0.25) is 0 Å². The summed E-state index contributed by atoms with van der Waals surface area (Å²) in [6, 6.07) is 15.0. The Morgan fingerprint density at radius 2 is 1.81 bits per heavy atom. The van der Waals surface area contributed by atoms with Gasteiger partial charge in [0, 0.05) is 10.7 Å². The summed E-state index contributed by atoms with van der Waals surface area (Å²) in [5, 5.41) is 14.5. The summed E-state index contributed by atoms with van der Waals surface area (Å²) in [5.74, 6) is 0.609. The number of ether oxygens (including phenoxy) is 1. The van der Waals surface area contributed by atoms with Gasteiger partial charge in [-0.25, -0.2) is 4.79 Å². The molecule has 0 unspecified atom stereocenters. The molecule has 0 fully saturated rings. The number of nitriles is 1. The van der Waals surface area contributed by atoms with E-state index in [-0.39, 0.29) is 6.73 Å². The highest BCUT2D eigenvalue weighted by molar-refractivity contribution is 6.30. The summed E-state index contributed by atoms with van der Waals surface area (Å²) >= 11 is 5.75. The minimum atomic E-state index is -0.395. The highest BCUT2D eigenvalue weighted by Crippen LogP contribution is 2.15. The number of urea groups is 1. The van der Waals surface area contributed by atoms with Crippen LogP contribution < -0.4 is 15.4 Å². The average molecular weight is 302 g/mol.